The Balaban J connectivity index is 2.84. The summed E-state index contributed by atoms with van der Waals surface area (Å²) in [7, 11) is 0. The van der Waals surface area contributed by atoms with Gasteiger partial charge in [0.15, 0.2) is 0 Å². The summed E-state index contributed by atoms with van der Waals surface area (Å²) in [6, 6.07) is -2.07. The lowest BCUT2D eigenvalue weighted by Gasteiger charge is -2.15. The van der Waals surface area contributed by atoms with E-state index in [9.17, 15) is 14.4 Å². The first-order chi connectivity index (χ1) is 5.54. The van der Waals surface area contributed by atoms with Crippen molar-refractivity contribution < 1.29 is 19.5 Å². The summed E-state index contributed by atoms with van der Waals surface area (Å²) in [6.45, 7) is 0. The fourth-order valence-corrected chi connectivity index (χ4v) is 1.19. The Morgan fingerprint density at radius 2 is 2.17 bits per heavy atom. The number of nitrogens with two attached hydrogens (primary N) is 1. The second-order valence-electron chi connectivity index (χ2n) is 2.49. The van der Waals surface area contributed by atoms with Crippen molar-refractivity contribution in [3.63, 3.8) is 0 Å². The van der Waals surface area contributed by atoms with E-state index >= 15 is 0 Å². The van der Waals surface area contributed by atoms with Gasteiger partial charge in [0, 0.05) is 6.42 Å². The normalized spacial score (nSPS) is 22.8. The number of carbonyl (C=O) groups is 3. The number of hydrogen-bond donors (Lipinski definition) is 2. The molecule has 6 nitrogen and oxygen atoms in total. The predicted molar refractivity (Wildman–Crippen MR) is 37.1 cm³/mol. The van der Waals surface area contributed by atoms with Gasteiger partial charge in [-0.25, -0.2) is 9.59 Å². The molecule has 0 bridgehead atoms. The molecule has 1 atom stereocenters. The van der Waals surface area contributed by atoms with E-state index in [1.54, 1.807) is 0 Å². The van der Waals surface area contributed by atoms with E-state index in [1.807, 2.05) is 0 Å². The van der Waals surface area contributed by atoms with Crippen LogP contribution in [-0.4, -0.2) is 34.0 Å². The monoisotopic (exact) mass is 172 g/mol. The van der Waals surface area contributed by atoms with Gasteiger partial charge in [-0.3, -0.25) is 9.69 Å². The van der Waals surface area contributed by atoms with Crippen LogP contribution in [0.15, 0.2) is 0 Å². The summed E-state index contributed by atoms with van der Waals surface area (Å²) in [4.78, 5) is 32.5. The third kappa shape index (κ3) is 1.23. The highest BCUT2D eigenvalue weighted by molar-refractivity contribution is 6.00. The van der Waals surface area contributed by atoms with Crippen LogP contribution in [0.1, 0.15) is 12.8 Å². The van der Waals surface area contributed by atoms with Crippen molar-refractivity contribution in [3.8, 4) is 0 Å². The highest BCUT2D eigenvalue weighted by Gasteiger charge is 2.39. The van der Waals surface area contributed by atoms with Gasteiger partial charge in [0.05, 0.1) is 0 Å². The Bertz CT molecular complexity index is 250. The van der Waals surface area contributed by atoms with Crippen molar-refractivity contribution in [1.82, 2.24) is 4.90 Å². The van der Waals surface area contributed by atoms with E-state index in [4.69, 9.17) is 10.8 Å². The van der Waals surface area contributed by atoms with Crippen LogP contribution in [0.25, 0.3) is 0 Å². The molecule has 0 saturated carbocycles. The van der Waals surface area contributed by atoms with Crippen LogP contribution in [0.3, 0.4) is 0 Å². The summed E-state index contributed by atoms with van der Waals surface area (Å²) in [5.41, 5.74) is 4.82. The fourth-order valence-electron chi connectivity index (χ4n) is 1.19. The number of hydrogen-bond acceptors (Lipinski definition) is 3. The number of carbonyl (C=O) groups excluding carboxylic acids is 2. The smallest absolute Gasteiger partial charge is 0.327 e. The lowest BCUT2D eigenvalue weighted by Crippen LogP contribution is -2.45. The Kier molecular flexibility index (Phi) is 1.99. The molecule has 0 aromatic carbocycles. The molecule has 0 radical (unpaired) electrons. The van der Waals surface area contributed by atoms with Crippen molar-refractivity contribution in [2.24, 2.45) is 5.73 Å². The zero-order valence-electron chi connectivity index (χ0n) is 6.19. The van der Waals surface area contributed by atoms with Crippen molar-refractivity contribution in [3.05, 3.63) is 0 Å². The summed E-state index contributed by atoms with van der Waals surface area (Å²) >= 11 is 0. The summed E-state index contributed by atoms with van der Waals surface area (Å²) in [6.07, 6.45) is 0.219. The molecule has 3 N–H and O–H groups in total. The van der Waals surface area contributed by atoms with Gasteiger partial charge in [-0.1, -0.05) is 0 Å². The van der Waals surface area contributed by atoms with Crippen LogP contribution in [-0.2, 0) is 9.59 Å². The lowest BCUT2D eigenvalue weighted by atomic mass is 10.2. The van der Waals surface area contributed by atoms with Crippen LogP contribution in [0.4, 0.5) is 4.79 Å². The summed E-state index contributed by atoms with van der Waals surface area (Å²) < 4.78 is 0. The minimum Gasteiger partial charge on any atom is -0.480 e. The maximum absolute atomic E-state index is 10.9. The number of amides is 3. The lowest BCUT2D eigenvalue weighted by molar-refractivity contribution is -0.144. The molecular formula is C6H8N2O4. The van der Waals surface area contributed by atoms with Gasteiger partial charge in [0.25, 0.3) is 0 Å². The maximum atomic E-state index is 10.9. The number of primary amides is 1. The second kappa shape index (κ2) is 2.80. The summed E-state index contributed by atoms with van der Waals surface area (Å²) in [5, 5.41) is 8.55. The Hall–Kier alpha value is -1.59. The number of aliphatic carboxylic acids is 1. The van der Waals surface area contributed by atoms with Crippen molar-refractivity contribution in [2.45, 2.75) is 18.9 Å². The molecule has 0 unspecified atom stereocenters. The number of urea groups is 1. The van der Waals surface area contributed by atoms with E-state index in [2.05, 4.69) is 0 Å². The van der Waals surface area contributed by atoms with Crippen LogP contribution in [0.2, 0.25) is 0 Å². The molecule has 66 valence electrons. The van der Waals surface area contributed by atoms with Crippen molar-refractivity contribution in [1.29, 1.82) is 0 Å². The number of carboxylic acid groups (broad SMARTS) is 1. The van der Waals surface area contributed by atoms with E-state index in [0.717, 1.165) is 0 Å². The van der Waals surface area contributed by atoms with Crippen LogP contribution < -0.4 is 5.73 Å². The summed E-state index contributed by atoms with van der Waals surface area (Å²) in [5.74, 6) is -1.71. The number of likely N-dealkylation sites (tertiary alicyclic amines) is 1. The van der Waals surface area contributed by atoms with Crippen molar-refractivity contribution >= 4 is 17.9 Å². The SMILES string of the molecule is NC(=O)N1C(=O)CC[C@@H]1C(=O)O. The minimum atomic E-state index is -1.19. The number of imide groups is 1. The molecule has 6 heteroatoms. The molecule has 1 aliphatic heterocycles. The predicted octanol–water partition coefficient (Wildman–Crippen LogP) is -0.859. The molecule has 1 aliphatic rings. The van der Waals surface area contributed by atoms with E-state index in [1.165, 1.54) is 0 Å². The number of carboxylic acids is 1. The van der Waals surface area contributed by atoms with E-state index < -0.39 is 23.9 Å². The van der Waals surface area contributed by atoms with Gasteiger partial charge in [-0.15, -0.1) is 0 Å². The third-order valence-electron chi connectivity index (χ3n) is 1.73. The largest absolute Gasteiger partial charge is 0.480 e. The molecule has 0 spiro atoms. The van der Waals surface area contributed by atoms with Crippen LogP contribution >= 0.6 is 0 Å². The standard InChI is InChI=1S/C6H8N2O4/c7-6(12)8-3(5(10)11)1-2-4(8)9/h3H,1-2H2,(H2,7,12)(H,10,11)/t3-/m1/s1. The molecule has 0 aromatic heterocycles. The average molecular weight is 172 g/mol. The fraction of sp³-hybridized carbons (Fsp3) is 0.500. The van der Waals surface area contributed by atoms with Gasteiger partial charge >= 0.3 is 12.0 Å². The second-order valence-corrected chi connectivity index (χ2v) is 2.49. The minimum absolute atomic E-state index is 0.0694. The first kappa shape index (κ1) is 8.51. The van der Waals surface area contributed by atoms with Gasteiger partial charge in [-0.05, 0) is 6.42 Å². The number of nitrogens with zero attached hydrogens (tertiary/aromatic N) is 1. The Labute approximate surface area is 67.9 Å². The molecular weight excluding hydrogens is 164 g/mol. The molecule has 0 aromatic rings. The van der Waals surface area contributed by atoms with Crippen LogP contribution in [0.5, 0.6) is 0 Å². The Morgan fingerprint density at radius 1 is 1.58 bits per heavy atom. The molecule has 3 amide bonds. The molecule has 1 saturated heterocycles. The zero-order valence-corrected chi connectivity index (χ0v) is 6.19. The molecule has 1 fully saturated rings. The highest BCUT2D eigenvalue weighted by atomic mass is 16.4. The first-order valence-electron chi connectivity index (χ1n) is 3.38. The number of rotatable bonds is 1. The van der Waals surface area contributed by atoms with Gasteiger partial charge in [0.2, 0.25) is 5.91 Å². The quantitative estimate of drug-likeness (QED) is 0.537. The zero-order chi connectivity index (χ0) is 9.30. The maximum Gasteiger partial charge on any atom is 0.327 e. The van der Waals surface area contributed by atoms with E-state index in [0.29, 0.717) is 4.90 Å². The average Bonchev–Trinajstić information content (AvgIpc) is 2.30. The molecule has 1 heterocycles. The molecule has 12 heavy (non-hydrogen) atoms. The van der Waals surface area contributed by atoms with E-state index in [-0.39, 0.29) is 12.8 Å². The highest BCUT2D eigenvalue weighted by Crippen LogP contribution is 2.17. The first-order valence-corrected chi connectivity index (χ1v) is 3.38. The third-order valence-corrected chi connectivity index (χ3v) is 1.73. The Morgan fingerprint density at radius 3 is 2.50 bits per heavy atom. The topological polar surface area (TPSA) is 101 Å². The molecule has 1 rings (SSSR count). The molecule has 0 aliphatic carbocycles. The van der Waals surface area contributed by atoms with Crippen LogP contribution in [0, 0.1) is 0 Å². The van der Waals surface area contributed by atoms with Crippen molar-refractivity contribution in [2.75, 3.05) is 0 Å². The van der Waals surface area contributed by atoms with Gasteiger partial charge in [0.1, 0.15) is 6.04 Å². The van der Waals surface area contributed by atoms with Gasteiger partial charge < -0.3 is 10.8 Å². The van der Waals surface area contributed by atoms with Gasteiger partial charge in [-0.2, -0.15) is 0 Å².